The molecule has 2 heterocycles. The minimum Gasteiger partial charge on any atom is -0.356 e. The van der Waals surface area contributed by atoms with Crippen molar-refractivity contribution >= 4 is 41.7 Å². The van der Waals surface area contributed by atoms with E-state index in [1.165, 1.54) is 32.1 Å². The Hall–Kier alpha value is -1.38. The van der Waals surface area contributed by atoms with Gasteiger partial charge in [-0.3, -0.25) is 9.79 Å². The van der Waals surface area contributed by atoms with Crippen LogP contribution in [-0.4, -0.2) is 48.4 Å². The van der Waals surface area contributed by atoms with E-state index in [4.69, 9.17) is 0 Å². The van der Waals surface area contributed by atoms with Crippen LogP contribution in [0.1, 0.15) is 44.2 Å². The van der Waals surface area contributed by atoms with Crippen molar-refractivity contribution in [2.75, 3.05) is 32.0 Å². The van der Waals surface area contributed by atoms with Crippen LogP contribution in [0.3, 0.4) is 0 Å². The minimum atomic E-state index is -0.0326. The molecular weight excluding hydrogens is 441 g/mol. The second kappa shape index (κ2) is 9.53. The summed E-state index contributed by atoms with van der Waals surface area (Å²) in [5.41, 5.74) is 1.41. The number of likely N-dealkylation sites (tertiary alicyclic amines) is 1. The number of aliphatic imine (C=N–C) groups is 1. The van der Waals surface area contributed by atoms with E-state index >= 15 is 0 Å². The van der Waals surface area contributed by atoms with Gasteiger partial charge in [-0.2, -0.15) is 0 Å². The maximum absolute atomic E-state index is 12.1. The maximum Gasteiger partial charge on any atom is 0.227 e. The molecule has 1 aliphatic carbocycles. The predicted molar refractivity (Wildman–Crippen MR) is 116 cm³/mol. The van der Waals surface area contributed by atoms with Crippen LogP contribution in [0.15, 0.2) is 23.2 Å². The summed E-state index contributed by atoms with van der Waals surface area (Å²) in [7, 11) is 1.82. The SMILES string of the molecule is CN=C(NCCC(=O)Nc1cccc(C)n1)N1CCC2(CCCC2)C1.I. The Morgan fingerprint density at radius 2 is 2.08 bits per heavy atom. The molecule has 1 spiro atoms. The smallest absolute Gasteiger partial charge is 0.227 e. The van der Waals surface area contributed by atoms with Gasteiger partial charge in [-0.1, -0.05) is 18.9 Å². The third kappa shape index (κ3) is 5.31. The zero-order chi connectivity index (χ0) is 17.7. The van der Waals surface area contributed by atoms with Gasteiger partial charge in [-0.15, -0.1) is 24.0 Å². The molecule has 0 unspecified atom stereocenters. The van der Waals surface area contributed by atoms with Crippen molar-refractivity contribution in [3.8, 4) is 0 Å². The Kier molecular flexibility index (Phi) is 7.67. The first kappa shape index (κ1) is 20.9. The number of carbonyl (C=O) groups is 1. The molecule has 1 saturated carbocycles. The minimum absolute atomic E-state index is 0. The van der Waals surface area contributed by atoms with E-state index in [2.05, 4.69) is 25.5 Å². The third-order valence-electron chi connectivity index (χ3n) is 5.40. The molecule has 6 nitrogen and oxygen atoms in total. The quantitative estimate of drug-likeness (QED) is 0.402. The fourth-order valence-corrected chi connectivity index (χ4v) is 4.09. The molecule has 1 aromatic heterocycles. The Morgan fingerprint density at radius 3 is 2.77 bits per heavy atom. The molecule has 2 fully saturated rings. The first-order valence-electron chi connectivity index (χ1n) is 9.29. The Labute approximate surface area is 173 Å². The van der Waals surface area contributed by atoms with E-state index < -0.39 is 0 Å². The second-order valence-electron chi connectivity index (χ2n) is 7.32. The standard InChI is InChI=1S/C19H29N5O.HI/c1-15-6-5-7-16(22-15)23-17(25)8-12-21-18(20-2)24-13-11-19(14-24)9-3-4-10-19;/h5-7H,3-4,8-14H2,1-2H3,(H,20,21)(H,22,23,25);1H. The van der Waals surface area contributed by atoms with Crippen LogP contribution in [0.5, 0.6) is 0 Å². The largest absolute Gasteiger partial charge is 0.356 e. The topological polar surface area (TPSA) is 69.6 Å². The average Bonchev–Trinajstić information content (AvgIpc) is 3.22. The number of halogens is 1. The number of anilines is 1. The zero-order valence-corrected chi connectivity index (χ0v) is 18.1. The fourth-order valence-electron chi connectivity index (χ4n) is 4.09. The number of pyridine rings is 1. The lowest BCUT2D eigenvalue weighted by Gasteiger charge is -2.25. The molecule has 0 atom stereocenters. The maximum atomic E-state index is 12.1. The van der Waals surface area contributed by atoms with Crippen molar-refractivity contribution in [1.82, 2.24) is 15.2 Å². The molecular formula is C19H30IN5O. The molecule has 1 amide bonds. The lowest BCUT2D eigenvalue weighted by atomic mass is 9.86. The highest BCUT2D eigenvalue weighted by molar-refractivity contribution is 14.0. The number of aryl methyl sites for hydroxylation is 1. The molecule has 26 heavy (non-hydrogen) atoms. The number of guanidine groups is 1. The molecule has 3 rings (SSSR count). The number of amides is 1. The van der Waals surface area contributed by atoms with Gasteiger partial charge >= 0.3 is 0 Å². The van der Waals surface area contributed by atoms with Gasteiger partial charge in [0.25, 0.3) is 0 Å². The van der Waals surface area contributed by atoms with Crippen molar-refractivity contribution in [1.29, 1.82) is 0 Å². The van der Waals surface area contributed by atoms with E-state index in [1.54, 1.807) is 0 Å². The molecule has 2 N–H and O–H groups in total. The Morgan fingerprint density at radius 1 is 1.31 bits per heavy atom. The summed E-state index contributed by atoms with van der Waals surface area (Å²) in [5.74, 6) is 1.50. The van der Waals surface area contributed by atoms with Crippen LogP contribution >= 0.6 is 24.0 Å². The lowest BCUT2D eigenvalue weighted by molar-refractivity contribution is -0.116. The number of aromatic nitrogens is 1. The van der Waals surface area contributed by atoms with Crippen LogP contribution in [-0.2, 0) is 4.79 Å². The molecule has 1 aromatic rings. The summed E-state index contributed by atoms with van der Waals surface area (Å²) in [6.45, 7) is 4.66. The highest BCUT2D eigenvalue weighted by Gasteiger charge is 2.40. The van der Waals surface area contributed by atoms with Crippen molar-refractivity contribution in [3.05, 3.63) is 23.9 Å². The molecule has 1 aliphatic heterocycles. The van der Waals surface area contributed by atoms with Crippen LogP contribution < -0.4 is 10.6 Å². The van der Waals surface area contributed by atoms with Gasteiger partial charge in [-0.05, 0) is 43.7 Å². The van der Waals surface area contributed by atoms with E-state index in [-0.39, 0.29) is 29.9 Å². The van der Waals surface area contributed by atoms with Gasteiger partial charge in [0.1, 0.15) is 5.82 Å². The number of carbonyl (C=O) groups excluding carboxylic acids is 1. The van der Waals surface area contributed by atoms with Crippen molar-refractivity contribution < 1.29 is 4.79 Å². The monoisotopic (exact) mass is 471 g/mol. The molecule has 1 saturated heterocycles. The summed E-state index contributed by atoms with van der Waals surface area (Å²) in [6, 6.07) is 5.61. The second-order valence-corrected chi connectivity index (χ2v) is 7.32. The molecule has 2 aliphatic rings. The average molecular weight is 471 g/mol. The third-order valence-corrected chi connectivity index (χ3v) is 5.40. The molecule has 144 valence electrons. The molecule has 7 heteroatoms. The van der Waals surface area contributed by atoms with Crippen LogP contribution in [0, 0.1) is 12.3 Å². The number of nitrogens with one attached hydrogen (secondary N) is 2. The summed E-state index contributed by atoms with van der Waals surface area (Å²) in [5, 5.41) is 6.18. The predicted octanol–water partition coefficient (Wildman–Crippen LogP) is 3.18. The Balaban J connectivity index is 0.00000243. The number of nitrogens with zero attached hydrogens (tertiary/aromatic N) is 3. The summed E-state index contributed by atoms with van der Waals surface area (Å²) < 4.78 is 0. The van der Waals surface area contributed by atoms with Gasteiger partial charge in [0, 0.05) is 38.8 Å². The lowest BCUT2D eigenvalue weighted by Crippen LogP contribution is -2.42. The number of rotatable bonds is 4. The van der Waals surface area contributed by atoms with Crippen molar-refractivity contribution in [2.45, 2.75) is 45.4 Å². The van der Waals surface area contributed by atoms with E-state index in [9.17, 15) is 4.79 Å². The summed E-state index contributed by atoms with van der Waals surface area (Å²) >= 11 is 0. The zero-order valence-electron chi connectivity index (χ0n) is 15.8. The number of hydrogen-bond donors (Lipinski definition) is 2. The molecule has 0 aromatic carbocycles. The Bertz CT molecular complexity index is 643. The normalized spacial score (nSPS) is 18.7. The van der Waals surface area contributed by atoms with Crippen LogP contribution in [0.2, 0.25) is 0 Å². The van der Waals surface area contributed by atoms with Crippen LogP contribution in [0.25, 0.3) is 0 Å². The van der Waals surface area contributed by atoms with Crippen molar-refractivity contribution in [2.24, 2.45) is 10.4 Å². The van der Waals surface area contributed by atoms with Crippen LogP contribution in [0.4, 0.5) is 5.82 Å². The van der Waals surface area contributed by atoms with Gasteiger partial charge in [0.2, 0.25) is 5.91 Å². The van der Waals surface area contributed by atoms with Gasteiger partial charge in [0.15, 0.2) is 5.96 Å². The van der Waals surface area contributed by atoms with E-state index in [0.717, 1.165) is 24.7 Å². The highest BCUT2D eigenvalue weighted by atomic mass is 127. The molecule has 0 bridgehead atoms. The highest BCUT2D eigenvalue weighted by Crippen LogP contribution is 2.45. The molecule has 0 radical (unpaired) electrons. The number of hydrogen-bond acceptors (Lipinski definition) is 3. The van der Waals surface area contributed by atoms with Gasteiger partial charge in [-0.25, -0.2) is 4.98 Å². The van der Waals surface area contributed by atoms with E-state index in [1.807, 2.05) is 32.2 Å². The summed E-state index contributed by atoms with van der Waals surface area (Å²) in [4.78, 5) is 23.1. The van der Waals surface area contributed by atoms with Crippen molar-refractivity contribution in [3.63, 3.8) is 0 Å². The first-order valence-corrected chi connectivity index (χ1v) is 9.29. The summed E-state index contributed by atoms with van der Waals surface area (Å²) in [6.07, 6.45) is 7.11. The first-order chi connectivity index (χ1) is 12.1. The van der Waals surface area contributed by atoms with Gasteiger partial charge < -0.3 is 15.5 Å². The van der Waals surface area contributed by atoms with E-state index in [0.29, 0.717) is 24.2 Å². The fraction of sp³-hybridized carbons (Fsp3) is 0.632. The van der Waals surface area contributed by atoms with Gasteiger partial charge in [0.05, 0.1) is 0 Å².